The lowest BCUT2D eigenvalue weighted by molar-refractivity contribution is -0.124. The summed E-state index contributed by atoms with van der Waals surface area (Å²) in [6, 6.07) is 10.0. The quantitative estimate of drug-likeness (QED) is 0.936. The minimum absolute atomic E-state index is 0.0912. The second kappa shape index (κ2) is 5.50. The van der Waals surface area contributed by atoms with Gasteiger partial charge in [-0.2, -0.15) is 0 Å². The van der Waals surface area contributed by atoms with Gasteiger partial charge < -0.3 is 4.74 Å². The fourth-order valence-corrected chi connectivity index (χ4v) is 2.86. The summed E-state index contributed by atoms with van der Waals surface area (Å²) in [6.45, 7) is 0.672. The van der Waals surface area contributed by atoms with Crippen molar-refractivity contribution in [3.63, 3.8) is 0 Å². The number of rotatable bonds is 3. The molecule has 3 rings (SSSR count). The SMILES string of the molecule is O=C(Nc1ncc(-c2ccccc2)s1)C1CCCO1. The van der Waals surface area contributed by atoms with E-state index in [9.17, 15) is 4.79 Å². The summed E-state index contributed by atoms with van der Waals surface area (Å²) in [7, 11) is 0. The maximum Gasteiger partial charge on any atom is 0.255 e. The van der Waals surface area contributed by atoms with Crippen LogP contribution in [0.3, 0.4) is 0 Å². The van der Waals surface area contributed by atoms with Crippen molar-refractivity contribution in [1.82, 2.24) is 4.98 Å². The van der Waals surface area contributed by atoms with Crippen LogP contribution in [0.5, 0.6) is 0 Å². The number of nitrogens with zero attached hydrogens (tertiary/aromatic N) is 1. The van der Waals surface area contributed by atoms with Gasteiger partial charge in [-0.3, -0.25) is 10.1 Å². The predicted molar refractivity (Wildman–Crippen MR) is 75.2 cm³/mol. The molecule has 1 aliphatic heterocycles. The van der Waals surface area contributed by atoms with Crippen molar-refractivity contribution < 1.29 is 9.53 Å². The van der Waals surface area contributed by atoms with E-state index < -0.39 is 0 Å². The lowest BCUT2D eigenvalue weighted by Crippen LogP contribution is -2.26. The molecule has 1 aliphatic rings. The van der Waals surface area contributed by atoms with Crippen molar-refractivity contribution in [1.29, 1.82) is 0 Å². The molecule has 2 aromatic rings. The molecule has 1 saturated heterocycles. The molecule has 1 N–H and O–H groups in total. The number of ether oxygens (including phenoxy) is 1. The number of benzene rings is 1. The lowest BCUT2D eigenvalue weighted by Gasteiger charge is -2.07. The zero-order chi connectivity index (χ0) is 13.1. The van der Waals surface area contributed by atoms with Crippen LogP contribution in [0.15, 0.2) is 36.5 Å². The van der Waals surface area contributed by atoms with Crippen LogP contribution in [0, 0.1) is 0 Å². The lowest BCUT2D eigenvalue weighted by atomic mass is 10.2. The highest BCUT2D eigenvalue weighted by atomic mass is 32.1. The Kier molecular flexibility index (Phi) is 3.57. The van der Waals surface area contributed by atoms with Crippen LogP contribution < -0.4 is 5.32 Å². The van der Waals surface area contributed by atoms with E-state index in [0.717, 1.165) is 23.3 Å². The van der Waals surface area contributed by atoms with Gasteiger partial charge in [0.05, 0.1) is 4.88 Å². The minimum Gasteiger partial charge on any atom is -0.368 e. The molecule has 19 heavy (non-hydrogen) atoms. The number of nitrogens with one attached hydrogen (secondary N) is 1. The van der Waals surface area contributed by atoms with E-state index in [2.05, 4.69) is 10.3 Å². The summed E-state index contributed by atoms with van der Waals surface area (Å²) in [4.78, 5) is 17.2. The molecule has 1 aromatic heterocycles. The van der Waals surface area contributed by atoms with Gasteiger partial charge in [-0.05, 0) is 18.4 Å². The van der Waals surface area contributed by atoms with Gasteiger partial charge >= 0.3 is 0 Å². The van der Waals surface area contributed by atoms with Crippen molar-refractivity contribution in [2.75, 3.05) is 11.9 Å². The Morgan fingerprint density at radius 3 is 2.95 bits per heavy atom. The summed E-state index contributed by atoms with van der Waals surface area (Å²) in [5, 5.41) is 3.44. The molecule has 5 heteroatoms. The monoisotopic (exact) mass is 274 g/mol. The van der Waals surface area contributed by atoms with E-state index in [1.807, 2.05) is 30.3 Å². The van der Waals surface area contributed by atoms with E-state index >= 15 is 0 Å². The van der Waals surface area contributed by atoms with Crippen molar-refractivity contribution >= 4 is 22.4 Å². The number of anilines is 1. The number of aromatic nitrogens is 1. The average Bonchev–Trinajstić information content (AvgIpc) is 3.11. The van der Waals surface area contributed by atoms with Gasteiger partial charge in [0.2, 0.25) is 0 Å². The molecular weight excluding hydrogens is 260 g/mol. The number of amides is 1. The first-order valence-electron chi connectivity index (χ1n) is 6.26. The van der Waals surface area contributed by atoms with Crippen LogP contribution in [-0.4, -0.2) is 23.6 Å². The molecule has 0 saturated carbocycles. The Bertz CT molecular complexity index is 562. The van der Waals surface area contributed by atoms with Gasteiger partial charge in [-0.1, -0.05) is 41.7 Å². The molecular formula is C14H14N2O2S. The third-order valence-electron chi connectivity index (χ3n) is 3.02. The third-order valence-corrected chi connectivity index (χ3v) is 3.98. The predicted octanol–water partition coefficient (Wildman–Crippen LogP) is 2.93. The van der Waals surface area contributed by atoms with E-state index in [-0.39, 0.29) is 12.0 Å². The van der Waals surface area contributed by atoms with E-state index in [1.165, 1.54) is 11.3 Å². The largest absolute Gasteiger partial charge is 0.368 e. The molecule has 4 nitrogen and oxygen atoms in total. The van der Waals surface area contributed by atoms with Crippen molar-refractivity contribution in [2.45, 2.75) is 18.9 Å². The van der Waals surface area contributed by atoms with E-state index in [4.69, 9.17) is 4.74 Å². The molecule has 1 amide bonds. The van der Waals surface area contributed by atoms with Crippen LogP contribution in [0.4, 0.5) is 5.13 Å². The first-order chi connectivity index (χ1) is 9.33. The van der Waals surface area contributed by atoms with Crippen molar-refractivity contribution in [3.8, 4) is 10.4 Å². The molecule has 0 bridgehead atoms. The first-order valence-corrected chi connectivity index (χ1v) is 7.08. The second-order valence-electron chi connectivity index (χ2n) is 4.39. The van der Waals surface area contributed by atoms with E-state index in [0.29, 0.717) is 11.7 Å². The summed E-state index contributed by atoms with van der Waals surface area (Å²) < 4.78 is 5.34. The van der Waals surface area contributed by atoms with Crippen LogP contribution in [-0.2, 0) is 9.53 Å². The fraction of sp³-hybridized carbons (Fsp3) is 0.286. The molecule has 1 unspecified atom stereocenters. The second-order valence-corrected chi connectivity index (χ2v) is 5.42. The van der Waals surface area contributed by atoms with Gasteiger partial charge in [0.25, 0.3) is 5.91 Å². The number of hydrogen-bond donors (Lipinski definition) is 1. The molecule has 1 fully saturated rings. The van der Waals surface area contributed by atoms with Crippen LogP contribution in [0.2, 0.25) is 0 Å². The Labute approximate surface area is 115 Å². The van der Waals surface area contributed by atoms with Crippen LogP contribution >= 0.6 is 11.3 Å². The third kappa shape index (κ3) is 2.83. The van der Waals surface area contributed by atoms with E-state index in [1.54, 1.807) is 6.20 Å². The van der Waals surface area contributed by atoms with Gasteiger partial charge in [0.1, 0.15) is 6.10 Å². The Morgan fingerprint density at radius 1 is 1.37 bits per heavy atom. The zero-order valence-electron chi connectivity index (χ0n) is 10.3. The highest BCUT2D eigenvalue weighted by molar-refractivity contribution is 7.19. The number of carbonyl (C=O) groups excluding carboxylic acids is 1. The smallest absolute Gasteiger partial charge is 0.255 e. The van der Waals surface area contributed by atoms with Gasteiger partial charge in [-0.15, -0.1) is 0 Å². The molecule has 0 spiro atoms. The Balaban J connectivity index is 1.70. The zero-order valence-corrected chi connectivity index (χ0v) is 11.2. The Morgan fingerprint density at radius 2 is 2.21 bits per heavy atom. The summed E-state index contributed by atoms with van der Waals surface area (Å²) in [6.07, 6.45) is 3.21. The fourth-order valence-electron chi connectivity index (χ4n) is 2.04. The molecule has 1 atom stereocenters. The van der Waals surface area contributed by atoms with Crippen LogP contribution in [0.25, 0.3) is 10.4 Å². The summed E-state index contributed by atoms with van der Waals surface area (Å²) in [5.74, 6) is -0.0912. The maximum atomic E-state index is 11.9. The topological polar surface area (TPSA) is 51.2 Å². The first kappa shape index (κ1) is 12.3. The number of hydrogen-bond acceptors (Lipinski definition) is 4. The Hall–Kier alpha value is -1.72. The standard InChI is InChI=1S/C14H14N2O2S/c17-13(11-7-4-8-18-11)16-14-15-9-12(19-14)10-5-2-1-3-6-10/h1-3,5-6,9,11H,4,7-8H2,(H,15,16,17). The van der Waals surface area contributed by atoms with Crippen LogP contribution in [0.1, 0.15) is 12.8 Å². The molecule has 1 aromatic carbocycles. The van der Waals surface area contributed by atoms with Crippen molar-refractivity contribution in [3.05, 3.63) is 36.5 Å². The van der Waals surface area contributed by atoms with Gasteiger partial charge in [0, 0.05) is 12.8 Å². The highest BCUT2D eigenvalue weighted by Crippen LogP contribution is 2.29. The minimum atomic E-state index is -0.316. The molecule has 0 radical (unpaired) electrons. The maximum absolute atomic E-state index is 11.9. The summed E-state index contributed by atoms with van der Waals surface area (Å²) in [5.41, 5.74) is 1.11. The highest BCUT2D eigenvalue weighted by Gasteiger charge is 2.24. The average molecular weight is 274 g/mol. The molecule has 2 heterocycles. The normalized spacial score (nSPS) is 18.4. The number of thiazole rings is 1. The molecule has 0 aliphatic carbocycles. The summed E-state index contributed by atoms with van der Waals surface area (Å²) >= 11 is 1.47. The van der Waals surface area contributed by atoms with Gasteiger partial charge in [-0.25, -0.2) is 4.98 Å². The number of carbonyl (C=O) groups is 1. The van der Waals surface area contributed by atoms with Crippen molar-refractivity contribution in [2.24, 2.45) is 0 Å². The van der Waals surface area contributed by atoms with Gasteiger partial charge in [0.15, 0.2) is 5.13 Å². The molecule has 98 valence electrons.